The Morgan fingerprint density at radius 1 is 0.581 bits per heavy atom. The predicted octanol–water partition coefficient (Wildman–Crippen LogP) is 9.67. The van der Waals surface area contributed by atoms with Gasteiger partial charge in [-0.15, -0.1) is 0 Å². The van der Waals surface area contributed by atoms with Gasteiger partial charge in [0.15, 0.2) is 0 Å². The van der Waals surface area contributed by atoms with Gasteiger partial charge in [0, 0.05) is 51.1 Å². The molecule has 4 nitrogen and oxygen atoms in total. The summed E-state index contributed by atoms with van der Waals surface area (Å²) in [5, 5.41) is 4.67. The molecule has 0 N–H and O–H groups in total. The van der Waals surface area contributed by atoms with Crippen molar-refractivity contribution in [2.24, 2.45) is 4.99 Å². The summed E-state index contributed by atoms with van der Waals surface area (Å²) in [5.41, 5.74) is 11.0. The lowest BCUT2D eigenvalue weighted by Crippen LogP contribution is -2.30. The molecule has 2 aromatic heterocycles. The molecule has 1 unspecified atom stereocenters. The van der Waals surface area contributed by atoms with Crippen molar-refractivity contribution >= 4 is 55.1 Å². The molecule has 0 amide bonds. The van der Waals surface area contributed by atoms with Gasteiger partial charge in [-0.2, -0.15) is 0 Å². The summed E-state index contributed by atoms with van der Waals surface area (Å²) in [6.45, 7) is 0. The molecule has 0 saturated heterocycles. The van der Waals surface area contributed by atoms with Crippen LogP contribution in [-0.4, -0.2) is 17.3 Å². The second-order valence-corrected chi connectivity index (χ2v) is 11.3. The van der Waals surface area contributed by atoms with Crippen molar-refractivity contribution in [3.8, 4) is 5.69 Å². The number of rotatable bonds is 3. The minimum absolute atomic E-state index is 0.130. The zero-order chi connectivity index (χ0) is 28.5. The molecule has 6 aromatic carbocycles. The second-order valence-electron chi connectivity index (χ2n) is 11.3. The third-order valence-electron chi connectivity index (χ3n) is 8.83. The number of para-hydroxylation sites is 3. The molecule has 4 heteroatoms. The summed E-state index contributed by atoms with van der Waals surface area (Å²) in [7, 11) is 2.14. The third-order valence-corrected chi connectivity index (χ3v) is 8.83. The molecule has 1 aliphatic heterocycles. The van der Waals surface area contributed by atoms with Gasteiger partial charge in [0.05, 0.1) is 16.7 Å². The molecule has 0 saturated carbocycles. The van der Waals surface area contributed by atoms with Gasteiger partial charge in [-0.3, -0.25) is 4.99 Å². The van der Waals surface area contributed by atoms with Crippen molar-refractivity contribution in [1.29, 1.82) is 0 Å². The van der Waals surface area contributed by atoms with E-state index in [9.17, 15) is 0 Å². The van der Waals surface area contributed by atoms with Crippen LogP contribution in [-0.2, 0) is 0 Å². The Bertz CT molecular complexity index is 2360. The Hall–Kier alpha value is -5.61. The maximum Gasteiger partial charge on any atom is 0.147 e. The van der Waals surface area contributed by atoms with Crippen molar-refractivity contribution in [2.45, 2.75) is 6.17 Å². The molecule has 3 heterocycles. The summed E-state index contributed by atoms with van der Waals surface area (Å²) in [4.78, 5) is 7.60. The molecule has 8 aromatic rings. The van der Waals surface area contributed by atoms with Gasteiger partial charge in [-0.05, 0) is 48.0 Å². The maximum atomic E-state index is 6.26. The number of hydrogen-bond acceptors (Lipinski definition) is 3. The predicted molar refractivity (Wildman–Crippen MR) is 178 cm³/mol. The van der Waals surface area contributed by atoms with E-state index in [1.54, 1.807) is 0 Å². The summed E-state index contributed by atoms with van der Waals surface area (Å²) >= 11 is 0. The number of hydrogen-bond donors (Lipinski definition) is 0. The van der Waals surface area contributed by atoms with Crippen LogP contribution in [0.4, 0.5) is 5.69 Å². The van der Waals surface area contributed by atoms with Crippen LogP contribution in [0.25, 0.3) is 49.4 Å². The van der Waals surface area contributed by atoms with E-state index in [1.165, 1.54) is 27.5 Å². The van der Waals surface area contributed by atoms with Gasteiger partial charge in [0.25, 0.3) is 0 Å². The number of fused-ring (bicyclic) bond motifs is 7. The lowest BCUT2D eigenvalue weighted by Gasteiger charge is -2.34. The first-order chi connectivity index (χ1) is 21.2. The number of furan rings is 1. The van der Waals surface area contributed by atoms with Crippen LogP contribution in [0, 0.1) is 0 Å². The van der Waals surface area contributed by atoms with E-state index < -0.39 is 0 Å². The van der Waals surface area contributed by atoms with Crippen molar-refractivity contribution in [3.63, 3.8) is 0 Å². The molecule has 43 heavy (non-hydrogen) atoms. The average molecular weight is 554 g/mol. The minimum atomic E-state index is -0.130. The third kappa shape index (κ3) is 3.60. The van der Waals surface area contributed by atoms with Crippen LogP contribution < -0.4 is 4.90 Å². The SMILES string of the molecule is CN1c2ccccc2C(c2ccccc2)=NC1c1ccc(-n2c3ccccc3c3cc4oc5ccccc5c4cc32)cc1. The summed E-state index contributed by atoms with van der Waals surface area (Å²) in [6, 6.07) is 49.3. The molecule has 0 aliphatic carbocycles. The van der Waals surface area contributed by atoms with E-state index >= 15 is 0 Å². The van der Waals surface area contributed by atoms with Gasteiger partial charge in [-0.1, -0.05) is 97.1 Å². The molecular weight excluding hydrogens is 526 g/mol. The molecular formula is C39H27N3O. The number of aromatic nitrogens is 1. The van der Waals surface area contributed by atoms with E-state index in [1.807, 2.05) is 12.1 Å². The summed E-state index contributed by atoms with van der Waals surface area (Å²) in [6.07, 6.45) is -0.130. The van der Waals surface area contributed by atoms with Crippen LogP contribution >= 0.6 is 0 Å². The van der Waals surface area contributed by atoms with Crippen LogP contribution in [0.5, 0.6) is 0 Å². The molecule has 1 aliphatic rings. The standard InChI is InChI=1S/C39H27N3O/c1-41-33-16-8-6-15-30(33)38(25-11-3-2-4-12-25)40-39(41)26-19-21-27(22-20-26)42-34-17-9-5-13-28(34)31-24-37-32(23-35(31)42)29-14-7-10-18-36(29)43-37/h2-24,39H,1H3. The smallest absolute Gasteiger partial charge is 0.147 e. The van der Waals surface area contributed by atoms with E-state index in [0.29, 0.717) is 0 Å². The summed E-state index contributed by atoms with van der Waals surface area (Å²) in [5.74, 6) is 0. The van der Waals surface area contributed by atoms with Crippen molar-refractivity contribution in [1.82, 2.24) is 4.57 Å². The van der Waals surface area contributed by atoms with Gasteiger partial charge in [0.2, 0.25) is 0 Å². The Morgan fingerprint density at radius 2 is 1.30 bits per heavy atom. The quantitative estimate of drug-likeness (QED) is 0.218. The van der Waals surface area contributed by atoms with Crippen LogP contribution in [0.15, 0.2) is 149 Å². The number of nitrogens with zero attached hydrogens (tertiary/aromatic N) is 3. The van der Waals surface area contributed by atoms with Crippen LogP contribution in [0.2, 0.25) is 0 Å². The maximum absolute atomic E-state index is 6.26. The highest BCUT2D eigenvalue weighted by molar-refractivity contribution is 6.18. The Balaban J connectivity index is 1.20. The van der Waals surface area contributed by atoms with E-state index in [4.69, 9.17) is 9.41 Å². The molecule has 9 rings (SSSR count). The number of benzene rings is 6. The minimum Gasteiger partial charge on any atom is -0.456 e. The second kappa shape index (κ2) is 9.20. The van der Waals surface area contributed by atoms with E-state index in [0.717, 1.165) is 50.0 Å². The Morgan fingerprint density at radius 3 is 2.16 bits per heavy atom. The van der Waals surface area contributed by atoms with Gasteiger partial charge >= 0.3 is 0 Å². The first kappa shape index (κ1) is 24.0. The molecule has 0 spiro atoms. The molecule has 0 radical (unpaired) electrons. The molecule has 0 bridgehead atoms. The van der Waals surface area contributed by atoms with Gasteiger partial charge < -0.3 is 13.9 Å². The Labute approximate surface area is 248 Å². The zero-order valence-corrected chi connectivity index (χ0v) is 23.6. The number of aliphatic imine (C=N–C) groups is 1. The van der Waals surface area contributed by atoms with Crippen molar-refractivity contribution in [2.75, 3.05) is 11.9 Å². The largest absolute Gasteiger partial charge is 0.456 e. The van der Waals surface area contributed by atoms with Crippen molar-refractivity contribution in [3.05, 3.63) is 156 Å². The van der Waals surface area contributed by atoms with Crippen LogP contribution in [0.1, 0.15) is 22.9 Å². The van der Waals surface area contributed by atoms with Crippen molar-refractivity contribution < 1.29 is 4.42 Å². The first-order valence-electron chi connectivity index (χ1n) is 14.6. The molecule has 1 atom stereocenters. The highest BCUT2D eigenvalue weighted by atomic mass is 16.3. The molecule has 0 fully saturated rings. The first-order valence-corrected chi connectivity index (χ1v) is 14.6. The summed E-state index contributed by atoms with van der Waals surface area (Å²) < 4.78 is 8.63. The average Bonchev–Trinajstić information content (AvgIpc) is 3.59. The highest BCUT2D eigenvalue weighted by Crippen LogP contribution is 2.40. The zero-order valence-electron chi connectivity index (χ0n) is 23.6. The fourth-order valence-corrected chi connectivity index (χ4v) is 6.78. The lowest BCUT2D eigenvalue weighted by molar-refractivity contribution is 0.669. The number of anilines is 1. The normalized spacial score (nSPS) is 15.0. The van der Waals surface area contributed by atoms with Gasteiger partial charge in [0.1, 0.15) is 17.3 Å². The van der Waals surface area contributed by atoms with E-state index in [2.05, 4.69) is 144 Å². The Kier molecular flexibility index (Phi) is 5.14. The lowest BCUT2D eigenvalue weighted by atomic mass is 9.96. The molecule has 204 valence electrons. The fourth-order valence-electron chi connectivity index (χ4n) is 6.78. The van der Waals surface area contributed by atoms with Gasteiger partial charge in [-0.25, -0.2) is 0 Å². The van der Waals surface area contributed by atoms with E-state index in [-0.39, 0.29) is 6.17 Å². The van der Waals surface area contributed by atoms with Crippen LogP contribution in [0.3, 0.4) is 0 Å². The highest BCUT2D eigenvalue weighted by Gasteiger charge is 2.27. The fraction of sp³-hybridized carbons (Fsp3) is 0.0513. The monoisotopic (exact) mass is 553 g/mol. The topological polar surface area (TPSA) is 33.7 Å².